The van der Waals surface area contributed by atoms with Crippen LogP contribution in [0.2, 0.25) is 0 Å². The van der Waals surface area contributed by atoms with Crippen molar-refractivity contribution in [1.82, 2.24) is 15.2 Å². The molecule has 0 bridgehead atoms. The van der Waals surface area contributed by atoms with E-state index in [4.69, 9.17) is 4.74 Å². The second-order valence-electron chi connectivity index (χ2n) is 5.40. The number of aromatic amines is 1. The van der Waals surface area contributed by atoms with E-state index in [0.717, 1.165) is 29.1 Å². The Morgan fingerprint density at radius 2 is 1.96 bits per heavy atom. The van der Waals surface area contributed by atoms with Crippen LogP contribution in [0.3, 0.4) is 0 Å². The first-order valence-electron chi connectivity index (χ1n) is 8.08. The molecule has 9 heteroatoms. The lowest BCUT2D eigenvalue weighted by molar-refractivity contribution is -0.113. The zero-order valence-corrected chi connectivity index (χ0v) is 15.1. The highest BCUT2D eigenvalue weighted by Gasteiger charge is 2.11. The number of carbonyl (C=O) groups is 1. The summed E-state index contributed by atoms with van der Waals surface area (Å²) in [6, 6.07) is 10.3. The van der Waals surface area contributed by atoms with Gasteiger partial charge in [-0.05, 0) is 43.3 Å². The number of anilines is 1. The van der Waals surface area contributed by atoms with Crippen LogP contribution in [-0.4, -0.2) is 33.4 Å². The Bertz CT molecular complexity index is 931. The number of halogens is 2. The highest BCUT2D eigenvalue weighted by atomic mass is 32.2. The molecule has 0 aliphatic heterocycles. The second kappa shape index (κ2) is 8.63. The maximum Gasteiger partial charge on any atom is 0.234 e. The fourth-order valence-electron chi connectivity index (χ4n) is 2.23. The zero-order chi connectivity index (χ0) is 19.2. The van der Waals surface area contributed by atoms with Gasteiger partial charge in [-0.1, -0.05) is 11.8 Å². The van der Waals surface area contributed by atoms with E-state index in [2.05, 4.69) is 20.5 Å². The van der Waals surface area contributed by atoms with Crippen molar-refractivity contribution >= 4 is 23.4 Å². The Morgan fingerprint density at radius 3 is 2.67 bits per heavy atom. The molecule has 3 rings (SSSR count). The molecule has 0 fully saturated rings. The molecule has 0 aliphatic rings. The zero-order valence-electron chi connectivity index (χ0n) is 14.3. The second-order valence-corrected chi connectivity index (χ2v) is 6.36. The summed E-state index contributed by atoms with van der Waals surface area (Å²) in [5.74, 6) is -0.654. The van der Waals surface area contributed by atoms with Gasteiger partial charge >= 0.3 is 0 Å². The lowest BCUT2D eigenvalue weighted by Crippen LogP contribution is -2.15. The Hall–Kier alpha value is -2.94. The minimum Gasteiger partial charge on any atom is -0.494 e. The molecule has 1 amide bonds. The van der Waals surface area contributed by atoms with Gasteiger partial charge in [0.15, 0.2) is 11.0 Å². The summed E-state index contributed by atoms with van der Waals surface area (Å²) >= 11 is 1.12. The van der Waals surface area contributed by atoms with Crippen LogP contribution in [0.1, 0.15) is 6.92 Å². The van der Waals surface area contributed by atoms with Crippen molar-refractivity contribution in [2.24, 2.45) is 0 Å². The van der Waals surface area contributed by atoms with E-state index in [1.807, 2.05) is 31.2 Å². The van der Waals surface area contributed by atoms with E-state index in [9.17, 15) is 13.6 Å². The minimum absolute atomic E-state index is 0.00523. The van der Waals surface area contributed by atoms with E-state index < -0.39 is 17.5 Å². The van der Waals surface area contributed by atoms with Crippen LogP contribution in [0.5, 0.6) is 5.75 Å². The highest BCUT2D eigenvalue weighted by molar-refractivity contribution is 7.99. The van der Waals surface area contributed by atoms with Gasteiger partial charge in [0.1, 0.15) is 17.4 Å². The number of H-pyrrole nitrogens is 1. The summed E-state index contributed by atoms with van der Waals surface area (Å²) in [6.07, 6.45) is 0. The first-order valence-corrected chi connectivity index (χ1v) is 9.07. The average Bonchev–Trinajstić information content (AvgIpc) is 3.12. The third-order valence-corrected chi connectivity index (χ3v) is 4.31. The third kappa shape index (κ3) is 5.04. The molecule has 0 spiro atoms. The van der Waals surface area contributed by atoms with Crippen molar-refractivity contribution in [1.29, 1.82) is 0 Å². The average molecular weight is 390 g/mol. The molecule has 1 aromatic heterocycles. The number of carbonyl (C=O) groups excluding carboxylic acids is 1. The number of aromatic nitrogens is 3. The smallest absolute Gasteiger partial charge is 0.234 e. The van der Waals surface area contributed by atoms with Crippen LogP contribution in [-0.2, 0) is 4.79 Å². The topological polar surface area (TPSA) is 79.9 Å². The lowest BCUT2D eigenvalue weighted by atomic mass is 10.2. The van der Waals surface area contributed by atoms with Crippen LogP contribution in [0, 0.1) is 11.6 Å². The summed E-state index contributed by atoms with van der Waals surface area (Å²) in [5, 5.41) is 10.9. The molecule has 0 saturated carbocycles. The number of rotatable bonds is 7. The van der Waals surface area contributed by atoms with Crippen molar-refractivity contribution in [2.45, 2.75) is 12.1 Å². The number of hydrogen-bond donors (Lipinski definition) is 2. The van der Waals surface area contributed by atoms with Crippen molar-refractivity contribution in [2.75, 3.05) is 17.7 Å². The van der Waals surface area contributed by atoms with Gasteiger partial charge in [0, 0.05) is 11.6 Å². The molecular weight excluding hydrogens is 374 g/mol. The Labute approximate surface area is 158 Å². The van der Waals surface area contributed by atoms with Crippen LogP contribution >= 0.6 is 11.8 Å². The lowest BCUT2D eigenvalue weighted by Gasteiger charge is -2.05. The molecule has 27 heavy (non-hydrogen) atoms. The van der Waals surface area contributed by atoms with Gasteiger partial charge in [-0.3, -0.25) is 4.79 Å². The molecule has 0 aliphatic carbocycles. The fourth-order valence-corrected chi connectivity index (χ4v) is 2.84. The molecule has 2 aromatic carbocycles. The molecule has 3 aromatic rings. The molecule has 0 unspecified atom stereocenters. The Balaban J connectivity index is 1.56. The van der Waals surface area contributed by atoms with Gasteiger partial charge in [0.05, 0.1) is 18.0 Å². The maximum absolute atomic E-state index is 13.5. The summed E-state index contributed by atoms with van der Waals surface area (Å²) in [4.78, 5) is 14.9. The molecular formula is C18H16F2N4O2S. The predicted octanol–water partition coefficient (Wildman–Crippen LogP) is 3.88. The van der Waals surface area contributed by atoms with Gasteiger partial charge in [0.25, 0.3) is 0 Å². The van der Waals surface area contributed by atoms with Gasteiger partial charge in [0.2, 0.25) is 5.91 Å². The van der Waals surface area contributed by atoms with Gasteiger partial charge in [-0.25, -0.2) is 8.78 Å². The van der Waals surface area contributed by atoms with Crippen LogP contribution in [0.15, 0.2) is 47.6 Å². The van der Waals surface area contributed by atoms with Crippen molar-refractivity contribution in [3.63, 3.8) is 0 Å². The molecule has 0 radical (unpaired) electrons. The van der Waals surface area contributed by atoms with Gasteiger partial charge < -0.3 is 15.0 Å². The summed E-state index contributed by atoms with van der Waals surface area (Å²) in [6.45, 7) is 2.50. The summed E-state index contributed by atoms with van der Waals surface area (Å²) < 4.78 is 31.8. The van der Waals surface area contributed by atoms with Crippen LogP contribution < -0.4 is 10.1 Å². The van der Waals surface area contributed by atoms with Gasteiger partial charge in [-0.15, -0.1) is 10.2 Å². The van der Waals surface area contributed by atoms with Crippen molar-refractivity contribution in [3.8, 4) is 17.1 Å². The monoisotopic (exact) mass is 390 g/mol. The number of thioether (sulfide) groups is 1. The Kier molecular flexibility index (Phi) is 6.02. The molecule has 0 saturated heterocycles. The number of amides is 1. The Morgan fingerprint density at radius 1 is 1.19 bits per heavy atom. The predicted molar refractivity (Wildman–Crippen MR) is 98.7 cm³/mol. The maximum atomic E-state index is 13.5. The first kappa shape index (κ1) is 18.8. The number of hydrogen-bond acceptors (Lipinski definition) is 5. The summed E-state index contributed by atoms with van der Waals surface area (Å²) in [5.41, 5.74) is 0.755. The largest absolute Gasteiger partial charge is 0.494 e. The fraction of sp³-hybridized carbons (Fsp3) is 0.167. The molecule has 6 nitrogen and oxygen atoms in total. The normalized spacial score (nSPS) is 10.6. The van der Waals surface area contributed by atoms with E-state index >= 15 is 0 Å². The number of benzene rings is 2. The first-order chi connectivity index (χ1) is 13.0. The van der Waals surface area contributed by atoms with Crippen LogP contribution in [0.4, 0.5) is 14.5 Å². The van der Waals surface area contributed by atoms with Crippen molar-refractivity contribution < 1.29 is 18.3 Å². The number of ether oxygens (including phenoxy) is 1. The molecule has 1 heterocycles. The van der Waals surface area contributed by atoms with Crippen molar-refractivity contribution in [3.05, 3.63) is 54.1 Å². The number of nitrogens with zero attached hydrogens (tertiary/aromatic N) is 2. The summed E-state index contributed by atoms with van der Waals surface area (Å²) in [7, 11) is 0. The van der Waals surface area contributed by atoms with Gasteiger partial charge in [-0.2, -0.15) is 0 Å². The molecule has 2 N–H and O–H groups in total. The van der Waals surface area contributed by atoms with Crippen LogP contribution in [0.25, 0.3) is 11.4 Å². The van der Waals surface area contributed by atoms with E-state index in [0.29, 0.717) is 23.7 Å². The quantitative estimate of drug-likeness (QED) is 0.599. The molecule has 0 atom stereocenters. The SMILES string of the molecule is CCOc1ccc(-c2nnc(SCC(=O)Nc3ccc(F)cc3F)[nH]2)cc1. The van der Waals surface area contributed by atoms with E-state index in [1.54, 1.807) is 0 Å². The highest BCUT2D eigenvalue weighted by Crippen LogP contribution is 2.22. The van der Waals surface area contributed by atoms with E-state index in [-0.39, 0.29) is 11.4 Å². The minimum atomic E-state index is -0.828. The number of nitrogens with one attached hydrogen (secondary N) is 2. The molecule has 140 valence electrons. The standard InChI is InChI=1S/C18H16F2N4O2S/c1-2-26-13-6-3-11(4-7-13)17-22-18(24-23-17)27-10-16(25)21-15-8-5-12(19)9-14(15)20/h3-9H,2,10H2,1H3,(H,21,25)(H,22,23,24). The van der Waals surface area contributed by atoms with E-state index in [1.165, 1.54) is 6.07 Å². The third-order valence-electron chi connectivity index (χ3n) is 3.45.